The van der Waals surface area contributed by atoms with Gasteiger partial charge in [-0.3, -0.25) is 4.98 Å². The fourth-order valence-corrected chi connectivity index (χ4v) is 1.01. The zero-order chi connectivity index (χ0) is 9.36. The van der Waals surface area contributed by atoms with Crippen molar-refractivity contribution in [1.29, 1.82) is 0 Å². The molecule has 0 radical (unpaired) electrons. The first-order valence-electron chi connectivity index (χ1n) is 4.55. The van der Waals surface area contributed by atoms with Crippen LogP contribution in [0, 0.1) is 0 Å². The van der Waals surface area contributed by atoms with E-state index in [0.29, 0.717) is 6.61 Å². The van der Waals surface area contributed by atoms with E-state index in [9.17, 15) is 0 Å². The van der Waals surface area contributed by atoms with Crippen LogP contribution in [0.4, 0.5) is 0 Å². The van der Waals surface area contributed by atoms with Crippen molar-refractivity contribution in [3.05, 3.63) is 30.1 Å². The summed E-state index contributed by atoms with van der Waals surface area (Å²) in [4.78, 5) is 4.16. The zero-order valence-corrected chi connectivity index (χ0v) is 7.99. The van der Waals surface area contributed by atoms with Crippen LogP contribution in [0.5, 0.6) is 0 Å². The fourth-order valence-electron chi connectivity index (χ4n) is 1.01. The van der Waals surface area contributed by atoms with E-state index in [-0.39, 0.29) is 0 Å². The van der Waals surface area contributed by atoms with Crippen LogP contribution in [0.25, 0.3) is 0 Å². The zero-order valence-electron chi connectivity index (χ0n) is 7.99. The van der Waals surface area contributed by atoms with E-state index >= 15 is 0 Å². The lowest BCUT2D eigenvalue weighted by atomic mass is 10.4. The number of hydrogen-bond donors (Lipinski definition) is 1. The molecule has 0 aliphatic carbocycles. The summed E-state index contributed by atoms with van der Waals surface area (Å²) in [5.74, 6) is 0. The van der Waals surface area contributed by atoms with Gasteiger partial charge >= 0.3 is 0 Å². The third-order valence-electron chi connectivity index (χ3n) is 1.69. The topological polar surface area (TPSA) is 34.1 Å². The summed E-state index contributed by atoms with van der Waals surface area (Å²) in [7, 11) is 1.94. The molecule has 1 aromatic rings. The smallest absolute Gasteiger partial charge is 0.0887 e. The summed E-state index contributed by atoms with van der Waals surface area (Å²) in [5, 5.41) is 3.07. The van der Waals surface area contributed by atoms with E-state index in [1.54, 1.807) is 6.20 Å². The largest absolute Gasteiger partial charge is 0.375 e. The third kappa shape index (κ3) is 4.60. The summed E-state index contributed by atoms with van der Waals surface area (Å²) in [6.07, 6.45) is 2.83. The molecule has 3 nitrogen and oxygen atoms in total. The maximum atomic E-state index is 5.42. The molecular weight excluding hydrogens is 164 g/mol. The van der Waals surface area contributed by atoms with Crippen LogP contribution < -0.4 is 5.32 Å². The minimum absolute atomic E-state index is 0.616. The van der Waals surface area contributed by atoms with E-state index in [1.165, 1.54) is 0 Å². The highest BCUT2D eigenvalue weighted by Gasteiger charge is 1.92. The van der Waals surface area contributed by atoms with Gasteiger partial charge in [-0.15, -0.1) is 0 Å². The maximum absolute atomic E-state index is 5.42. The number of nitrogens with one attached hydrogen (secondary N) is 1. The van der Waals surface area contributed by atoms with Crippen molar-refractivity contribution in [3.8, 4) is 0 Å². The molecule has 0 aliphatic heterocycles. The Morgan fingerprint density at radius 3 is 3.08 bits per heavy atom. The van der Waals surface area contributed by atoms with Gasteiger partial charge < -0.3 is 10.1 Å². The van der Waals surface area contributed by atoms with Gasteiger partial charge in [-0.25, -0.2) is 0 Å². The molecule has 13 heavy (non-hydrogen) atoms. The second kappa shape index (κ2) is 6.57. The van der Waals surface area contributed by atoms with Gasteiger partial charge in [-0.2, -0.15) is 0 Å². The number of ether oxygens (including phenoxy) is 1. The Kier molecular flexibility index (Phi) is 5.13. The summed E-state index contributed by atoms with van der Waals surface area (Å²) in [6.45, 7) is 2.41. The van der Waals surface area contributed by atoms with E-state index in [4.69, 9.17) is 4.74 Å². The van der Waals surface area contributed by atoms with E-state index in [0.717, 1.165) is 25.3 Å². The lowest BCUT2D eigenvalue weighted by Crippen LogP contribution is -2.10. The van der Waals surface area contributed by atoms with Gasteiger partial charge in [-0.1, -0.05) is 6.07 Å². The molecular formula is C10H16N2O. The number of nitrogens with zero attached hydrogens (tertiary/aromatic N) is 1. The molecule has 1 aromatic heterocycles. The third-order valence-corrected chi connectivity index (χ3v) is 1.69. The molecule has 1 N–H and O–H groups in total. The Bertz CT molecular complexity index is 213. The van der Waals surface area contributed by atoms with Crippen LogP contribution in [0.3, 0.4) is 0 Å². The molecule has 72 valence electrons. The second-order valence-electron chi connectivity index (χ2n) is 2.83. The summed E-state index contributed by atoms with van der Waals surface area (Å²) < 4.78 is 5.42. The molecule has 1 rings (SSSR count). The van der Waals surface area contributed by atoms with E-state index in [2.05, 4.69) is 10.3 Å². The minimum atomic E-state index is 0.616. The predicted octanol–water partition coefficient (Wildman–Crippen LogP) is 1.21. The van der Waals surface area contributed by atoms with Crippen molar-refractivity contribution < 1.29 is 4.74 Å². The number of rotatable bonds is 6. The van der Waals surface area contributed by atoms with Gasteiger partial charge in [0.15, 0.2) is 0 Å². The highest BCUT2D eigenvalue weighted by molar-refractivity contribution is 5.01. The molecule has 0 fully saturated rings. The van der Waals surface area contributed by atoms with E-state index in [1.807, 2.05) is 25.2 Å². The lowest BCUT2D eigenvalue weighted by molar-refractivity contribution is 0.116. The van der Waals surface area contributed by atoms with Crippen molar-refractivity contribution in [2.24, 2.45) is 0 Å². The van der Waals surface area contributed by atoms with Crippen molar-refractivity contribution in [2.45, 2.75) is 13.0 Å². The number of aromatic nitrogens is 1. The highest BCUT2D eigenvalue weighted by atomic mass is 16.5. The first-order valence-corrected chi connectivity index (χ1v) is 4.55. The summed E-state index contributed by atoms with van der Waals surface area (Å²) >= 11 is 0. The van der Waals surface area contributed by atoms with Crippen molar-refractivity contribution in [2.75, 3.05) is 20.2 Å². The van der Waals surface area contributed by atoms with Crippen molar-refractivity contribution >= 4 is 0 Å². The minimum Gasteiger partial charge on any atom is -0.375 e. The second-order valence-corrected chi connectivity index (χ2v) is 2.83. The van der Waals surface area contributed by atoms with Crippen molar-refractivity contribution in [1.82, 2.24) is 10.3 Å². The Labute approximate surface area is 79.1 Å². The average Bonchev–Trinajstić information content (AvgIpc) is 2.19. The molecule has 0 bridgehead atoms. The first kappa shape index (κ1) is 10.2. The highest BCUT2D eigenvalue weighted by Crippen LogP contribution is 1.95. The number of hydrogen-bond acceptors (Lipinski definition) is 3. The Morgan fingerprint density at radius 2 is 2.38 bits per heavy atom. The van der Waals surface area contributed by atoms with Crippen LogP contribution in [0.1, 0.15) is 12.1 Å². The van der Waals surface area contributed by atoms with Gasteiger partial charge in [0.2, 0.25) is 0 Å². The van der Waals surface area contributed by atoms with Crippen LogP contribution in [0.2, 0.25) is 0 Å². The van der Waals surface area contributed by atoms with Gasteiger partial charge in [0, 0.05) is 12.8 Å². The SMILES string of the molecule is CNCCCOCc1ccccn1. The summed E-state index contributed by atoms with van der Waals surface area (Å²) in [5.41, 5.74) is 0.993. The predicted molar refractivity (Wildman–Crippen MR) is 52.4 cm³/mol. The lowest BCUT2D eigenvalue weighted by Gasteiger charge is -2.02. The molecule has 0 saturated heterocycles. The molecule has 0 saturated carbocycles. The van der Waals surface area contributed by atoms with Crippen LogP contribution in [-0.4, -0.2) is 25.2 Å². The molecule has 0 spiro atoms. The Morgan fingerprint density at radius 1 is 1.46 bits per heavy atom. The van der Waals surface area contributed by atoms with Crippen LogP contribution >= 0.6 is 0 Å². The monoisotopic (exact) mass is 180 g/mol. The first-order chi connectivity index (χ1) is 6.43. The van der Waals surface area contributed by atoms with Gasteiger partial charge in [0.25, 0.3) is 0 Å². The number of pyridine rings is 1. The van der Waals surface area contributed by atoms with Gasteiger partial charge in [0.05, 0.1) is 12.3 Å². The standard InChI is InChI=1S/C10H16N2O/c1-11-6-4-8-13-9-10-5-2-3-7-12-10/h2-3,5,7,11H,4,6,8-9H2,1H3. The summed E-state index contributed by atoms with van der Waals surface area (Å²) in [6, 6.07) is 5.85. The van der Waals surface area contributed by atoms with E-state index < -0.39 is 0 Å². The maximum Gasteiger partial charge on any atom is 0.0887 e. The Hall–Kier alpha value is -0.930. The van der Waals surface area contributed by atoms with Crippen molar-refractivity contribution in [3.63, 3.8) is 0 Å². The normalized spacial score (nSPS) is 10.2. The molecule has 0 amide bonds. The fraction of sp³-hybridized carbons (Fsp3) is 0.500. The molecule has 1 heterocycles. The average molecular weight is 180 g/mol. The molecule has 0 atom stereocenters. The quantitative estimate of drug-likeness (QED) is 0.668. The molecule has 3 heteroatoms. The van der Waals surface area contributed by atoms with Gasteiger partial charge in [-0.05, 0) is 32.1 Å². The van der Waals surface area contributed by atoms with Gasteiger partial charge in [0.1, 0.15) is 0 Å². The van der Waals surface area contributed by atoms with Crippen LogP contribution in [0.15, 0.2) is 24.4 Å². The molecule has 0 unspecified atom stereocenters. The molecule has 0 aliphatic rings. The van der Waals surface area contributed by atoms with Crippen LogP contribution in [-0.2, 0) is 11.3 Å². The molecule has 0 aromatic carbocycles. The Balaban J connectivity index is 2.07.